The van der Waals surface area contributed by atoms with Crippen molar-refractivity contribution in [2.24, 2.45) is 0 Å². The maximum atomic E-state index is 13.1. The number of benzene rings is 3. The first-order valence-electron chi connectivity index (χ1n) is 12.0. The number of sulfonamides is 1. The maximum Gasteiger partial charge on any atom is 0.326 e. The van der Waals surface area contributed by atoms with Gasteiger partial charge in [0.15, 0.2) is 5.78 Å². The highest BCUT2D eigenvalue weighted by Crippen LogP contribution is 2.26. The molecule has 0 aliphatic carbocycles. The van der Waals surface area contributed by atoms with Crippen LogP contribution in [0.5, 0.6) is 0 Å². The van der Waals surface area contributed by atoms with Crippen LogP contribution in [-0.4, -0.2) is 54.1 Å². The molecule has 3 aromatic rings. The Hall–Kier alpha value is -3.82. The van der Waals surface area contributed by atoms with E-state index in [2.05, 4.69) is 5.32 Å². The Kier molecular flexibility index (Phi) is 8.15. The van der Waals surface area contributed by atoms with Crippen molar-refractivity contribution in [1.82, 2.24) is 9.62 Å². The largest absolute Gasteiger partial charge is 0.480 e. The molecule has 0 spiro atoms. The molecule has 2 N–H and O–H groups in total. The summed E-state index contributed by atoms with van der Waals surface area (Å²) in [6, 6.07) is 21.6. The molecular weight excluding hydrogens is 492 g/mol. The fourth-order valence-corrected chi connectivity index (χ4v) is 6.10. The number of Topliss-reactive ketones (excluding diaryl/α,β-unsaturated/α-hetero) is 1. The van der Waals surface area contributed by atoms with E-state index >= 15 is 0 Å². The molecule has 1 saturated heterocycles. The lowest BCUT2D eigenvalue weighted by molar-refractivity contribution is -0.142. The number of hydrogen-bond donors (Lipinski definition) is 2. The van der Waals surface area contributed by atoms with Gasteiger partial charge in [0, 0.05) is 24.9 Å². The minimum atomic E-state index is -3.89. The number of nitrogens with zero attached hydrogens (tertiary/aromatic N) is 1. The Balaban J connectivity index is 1.41. The summed E-state index contributed by atoms with van der Waals surface area (Å²) >= 11 is 0. The van der Waals surface area contributed by atoms with E-state index in [0.717, 1.165) is 9.87 Å². The third kappa shape index (κ3) is 6.31. The number of aliphatic carboxylic acids is 1. The number of hydrogen-bond acceptors (Lipinski definition) is 5. The molecule has 0 bridgehead atoms. The fourth-order valence-electron chi connectivity index (χ4n) is 4.43. The van der Waals surface area contributed by atoms with Gasteiger partial charge in [-0.3, -0.25) is 9.59 Å². The lowest BCUT2D eigenvalue weighted by Gasteiger charge is -2.25. The molecule has 37 heavy (non-hydrogen) atoms. The molecular formula is C28H28N2O6S. The molecule has 1 fully saturated rings. The van der Waals surface area contributed by atoms with Crippen molar-refractivity contribution in [3.05, 3.63) is 102 Å². The van der Waals surface area contributed by atoms with E-state index in [1.54, 1.807) is 66.7 Å². The van der Waals surface area contributed by atoms with Crippen molar-refractivity contribution in [3.63, 3.8) is 0 Å². The first kappa shape index (κ1) is 26.2. The van der Waals surface area contributed by atoms with Gasteiger partial charge in [-0.1, -0.05) is 72.8 Å². The van der Waals surface area contributed by atoms with Gasteiger partial charge in [-0.2, -0.15) is 4.31 Å². The molecule has 1 heterocycles. The zero-order valence-corrected chi connectivity index (χ0v) is 20.9. The highest BCUT2D eigenvalue weighted by molar-refractivity contribution is 7.89. The molecule has 2 atom stereocenters. The second-order valence-electron chi connectivity index (χ2n) is 8.97. The van der Waals surface area contributed by atoms with E-state index in [1.165, 1.54) is 12.1 Å². The van der Waals surface area contributed by atoms with Crippen LogP contribution in [0.25, 0.3) is 0 Å². The summed E-state index contributed by atoms with van der Waals surface area (Å²) in [5.41, 5.74) is 2.08. The lowest BCUT2D eigenvalue weighted by Crippen LogP contribution is -2.51. The number of ketones is 1. The smallest absolute Gasteiger partial charge is 0.326 e. The third-order valence-corrected chi connectivity index (χ3v) is 8.32. The number of carboxylic acid groups (broad SMARTS) is 1. The Morgan fingerprint density at radius 3 is 2.11 bits per heavy atom. The summed E-state index contributed by atoms with van der Waals surface area (Å²) < 4.78 is 27.3. The molecule has 0 aromatic heterocycles. The van der Waals surface area contributed by atoms with E-state index < -0.39 is 34.0 Å². The van der Waals surface area contributed by atoms with Crippen LogP contribution in [0.2, 0.25) is 0 Å². The van der Waals surface area contributed by atoms with E-state index in [4.69, 9.17) is 0 Å². The summed E-state index contributed by atoms with van der Waals surface area (Å²) in [6.07, 6.45) is 1.06. The number of nitrogens with one attached hydrogen (secondary N) is 1. The molecule has 4 rings (SSSR count). The third-order valence-electron chi connectivity index (χ3n) is 6.39. The summed E-state index contributed by atoms with van der Waals surface area (Å²) in [5, 5.41) is 12.3. The zero-order valence-electron chi connectivity index (χ0n) is 20.1. The molecule has 0 radical (unpaired) electrons. The van der Waals surface area contributed by atoms with Gasteiger partial charge in [0.2, 0.25) is 15.9 Å². The van der Waals surface area contributed by atoms with Crippen molar-refractivity contribution >= 4 is 27.7 Å². The van der Waals surface area contributed by atoms with Crippen molar-refractivity contribution in [2.45, 2.75) is 42.7 Å². The second kappa shape index (κ2) is 11.5. The number of amides is 1. The number of rotatable bonds is 10. The van der Waals surface area contributed by atoms with Crippen molar-refractivity contribution in [1.29, 1.82) is 0 Å². The van der Waals surface area contributed by atoms with E-state index in [1.807, 2.05) is 6.07 Å². The molecule has 0 saturated carbocycles. The Morgan fingerprint density at radius 1 is 0.892 bits per heavy atom. The van der Waals surface area contributed by atoms with E-state index in [-0.39, 0.29) is 30.1 Å². The minimum Gasteiger partial charge on any atom is -0.480 e. The van der Waals surface area contributed by atoms with Crippen LogP contribution in [-0.2, 0) is 32.5 Å². The van der Waals surface area contributed by atoms with Crippen LogP contribution >= 0.6 is 0 Å². The van der Waals surface area contributed by atoms with Crippen molar-refractivity contribution in [2.75, 3.05) is 6.54 Å². The lowest BCUT2D eigenvalue weighted by atomic mass is 9.99. The van der Waals surface area contributed by atoms with Gasteiger partial charge in [-0.25, -0.2) is 13.2 Å². The SMILES string of the molecule is O=C(Cc1ccc(C[C@H](NC(=O)[C@@H]2CCCN2S(=O)(=O)c2ccccc2)C(=O)O)cc1)c1ccccc1. The van der Waals surface area contributed by atoms with Crippen LogP contribution in [0.15, 0.2) is 89.8 Å². The van der Waals surface area contributed by atoms with Crippen molar-refractivity contribution < 1.29 is 27.9 Å². The Labute approximate surface area is 216 Å². The quantitative estimate of drug-likeness (QED) is 0.397. The van der Waals surface area contributed by atoms with Crippen LogP contribution in [0, 0.1) is 0 Å². The van der Waals surface area contributed by atoms with Gasteiger partial charge in [0.1, 0.15) is 12.1 Å². The van der Waals surface area contributed by atoms with Crippen LogP contribution in [0.1, 0.15) is 34.3 Å². The van der Waals surface area contributed by atoms with Gasteiger partial charge in [-0.05, 0) is 36.1 Å². The molecule has 1 aliphatic heterocycles. The number of carboxylic acids is 1. The summed E-state index contributed by atoms with van der Waals surface area (Å²) in [5.74, 6) is -1.86. The summed E-state index contributed by atoms with van der Waals surface area (Å²) in [6.45, 7) is 0.191. The van der Waals surface area contributed by atoms with Crippen LogP contribution < -0.4 is 5.32 Å². The highest BCUT2D eigenvalue weighted by atomic mass is 32.2. The second-order valence-corrected chi connectivity index (χ2v) is 10.9. The van der Waals surface area contributed by atoms with Gasteiger partial charge >= 0.3 is 5.97 Å². The predicted octanol–water partition coefficient (Wildman–Crippen LogP) is 3.08. The molecule has 8 nitrogen and oxygen atoms in total. The van der Waals surface area contributed by atoms with Gasteiger partial charge in [0.05, 0.1) is 4.90 Å². The molecule has 9 heteroatoms. The maximum absolute atomic E-state index is 13.1. The molecule has 192 valence electrons. The fraction of sp³-hybridized carbons (Fsp3) is 0.250. The van der Waals surface area contributed by atoms with Gasteiger partial charge < -0.3 is 10.4 Å². The normalized spacial score (nSPS) is 16.7. The molecule has 0 unspecified atom stereocenters. The Morgan fingerprint density at radius 2 is 1.49 bits per heavy atom. The predicted molar refractivity (Wildman–Crippen MR) is 138 cm³/mol. The minimum absolute atomic E-state index is 0.0180. The average molecular weight is 521 g/mol. The average Bonchev–Trinajstić information content (AvgIpc) is 3.41. The standard InChI is InChI=1S/C28H28N2O6S/c31-26(22-8-3-1-4-9-22)19-21-15-13-20(14-16-21)18-24(28(33)34)29-27(32)25-12-7-17-30(25)37(35,36)23-10-5-2-6-11-23/h1-6,8-11,13-16,24-25H,7,12,17-19H2,(H,29,32)(H,33,34)/t24-,25-/m0/s1. The van der Waals surface area contributed by atoms with Crippen LogP contribution in [0.4, 0.5) is 0 Å². The summed E-state index contributed by atoms with van der Waals surface area (Å²) in [4.78, 5) is 37.5. The monoisotopic (exact) mass is 520 g/mol. The van der Waals surface area contributed by atoms with Crippen LogP contribution in [0.3, 0.4) is 0 Å². The van der Waals surface area contributed by atoms with E-state index in [9.17, 15) is 27.9 Å². The molecule has 1 amide bonds. The zero-order chi connectivity index (χ0) is 26.4. The van der Waals surface area contributed by atoms with Crippen molar-refractivity contribution in [3.8, 4) is 0 Å². The number of carbonyl (C=O) groups excluding carboxylic acids is 2. The molecule has 3 aromatic carbocycles. The van der Waals surface area contributed by atoms with Gasteiger partial charge in [0.25, 0.3) is 0 Å². The molecule has 1 aliphatic rings. The first-order chi connectivity index (χ1) is 17.8. The summed E-state index contributed by atoms with van der Waals surface area (Å²) in [7, 11) is -3.89. The topological polar surface area (TPSA) is 121 Å². The first-order valence-corrected chi connectivity index (χ1v) is 13.5. The van der Waals surface area contributed by atoms with E-state index in [0.29, 0.717) is 24.0 Å². The highest BCUT2D eigenvalue weighted by Gasteiger charge is 2.40. The van der Waals surface area contributed by atoms with Gasteiger partial charge in [-0.15, -0.1) is 0 Å². The Bertz CT molecular complexity index is 1360. The number of carbonyl (C=O) groups is 3.